The van der Waals surface area contributed by atoms with E-state index in [-0.39, 0.29) is 12.1 Å². The van der Waals surface area contributed by atoms with Gasteiger partial charge in [-0.05, 0) is 12.0 Å². The Hall–Kier alpha value is -1.09. The molecular weight excluding hydrogens is 228 g/mol. The van der Waals surface area contributed by atoms with Gasteiger partial charge in [0.1, 0.15) is 6.10 Å². The average Bonchev–Trinajstić information content (AvgIpc) is 2.24. The van der Waals surface area contributed by atoms with E-state index >= 15 is 0 Å². The lowest BCUT2D eigenvalue weighted by molar-refractivity contribution is -0.146. The van der Waals surface area contributed by atoms with Gasteiger partial charge in [0.05, 0.1) is 8.07 Å². The van der Waals surface area contributed by atoms with Gasteiger partial charge in [0.25, 0.3) is 0 Å². The summed E-state index contributed by atoms with van der Waals surface area (Å²) in [6, 6.07) is 8.52. The summed E-state index contributed by atoms with van der Waals surface area (Å²) in [7, 11) is -1.24. The van der Waals surface area contributed by atoms with Crippen LogP contribution < -0.4 is 5.19 Å². The molecule has 0 heterocycles. The lowest BCUT2D eigenvalue weighted by Gasteiger charge is -2.19. The molecule has 0 fully saturated rings. The lowest BCUT2D eigenvalue weighted by atomic mass is 10.1. The zero-order valence-corrected chi connectivity index (χ0v) is 12.4. The number of carbonyl (C=O) groups excluding carboxylic acids is 1. The lowest BCUT2D eigenvalue weighted by Crippen LogP contribution is -2.37. The zero-order chi connectivity index (χ0) is 13.1. The zero-order valence-electron chi connectivity index (χ0n) is 11.4. The molecule has 0 bridgehead atoms. The largest absolute Gasteiger partial charge is 0.458 e. The SMILES string of the molecule is CC[C@@H](OC(C)=O)c1ccc([Si](C)(C)C)cc1. The molecule has 0 saturated heterocycles. The molecule has 17 heavy (non-hydrogen) atoms. The maximum atomic E-state index is 11.0. The molecule has 0 saturated carbocycles. The average molecular weight is 250 g/mol. The van der Waals surface area contributed by atoms with Gasteiger partial charge in [0.15, 0.2) is 0 Å². The molecule has 0 unspecified atom stereocenters. The maximum absolute atomic E-state index is 11.0. The molecule has 0 aliphatic carbocycles. The first-order chi connectivity index (χ1) is 7.84. The van der Waals surface area contributed by atoms with E-state index < -0.39 is 8.07 Å². The first-order valence-corrected chi connectivity index (χ1v) is 9.62. The maximum Gasteiger partial charge on any atom is 0.303 e. The molecule has 0 aliphatic rings. The molecule has 0 aromatic heterocycles. The fourth-order valence-electron chi connectivity index (χ4n) is 1.79. The summed E-state index contributed by atoms with van der Waals surface area (Å²) in [5, 5.41) is 1.43. The second-order valence-corrected chi connectivity index (χ2v) is 10.5. The van der Waals surface area contributed by atoms with E-state index in [4.69, 9.17) is 4.74 Å². The number of esters is 1. The normalized spacial score (nSPS) is 13.2. The second kappa shape index (κ2) is 5.49. The van der Waals surface area contributed by atoms with Crippen molar-refractivity contribution in [3.8, 4) is 0 Å². The minimum Gasteiger partial charge on any atom is -0.458 e. The van der Waals surface area contributed by atoms with Crippen LogP contribution in [0.2, 0.25) is 19.6 Å². The standard InChI is InChI=1S/C14H22O2Si/c1-6-14(16-11(2)15)12-7-9-13(10-8-12)17(3,4)5/h7-10,14H,6H2,1-5H3/t14-/m1/s1. The van der Waals surface area contributed by atoms with Crippen LogP contribution in [0.4, 0.5) is 0 Å². The summed E-state index contributed by atoms with van der Waals surface area (Å²) >= 11 is 0. The molecule has 1 aromatic rings. The molecule has 0 radical (unpaired) electrons. The third kappa shape index (κ3) is 4.00. The fraction of sp³-hybridized carbons (Fsp3) is 0.500. The molecule has 0 amide bonds. The summed E-state index contributed by atoms with van der Waals surface area (Å²) in [4.78, 5) is 11.0. The second-order valence-electron chi connectivity index (χ2n) is 5.38. The van der Waals surface area contributed by atoms with E-state index in [2.05, 4.69) is 43.9 Å². The highest BCUT2D eigenvalue weighted by Gasteiger charge is 2.17. The van der Waals surface area contributed by atoms with E-state index in [0.29, 0.717) is 0 Å². The fourth-order valence-corrected chi connectivity index (χ4v) is 2.95. The van der Waals surface area contributed by atoms with Gasteiger partial charge < -0.3 is 4.74 Å². The molecule has 0 N–H and O–H groups in total. The molecule has 1 rings (SSSR count). The van der Waals surface area contributed by atoms with Crippen molar-refractivity contribution in [2.75, 3.05) is 0 Å². The van der Waals surface area contributed by atoms with Gasteiger partial charge in [0, 0.05) is 6.92 Å². The first kappa shape index (κ1) is 14.0. The first-order valence-electron chi connectivity index (χ1n) is 6.12. The van der Waals surface area contributed by atoms with Crippen molar-refractivity contribution >= 4 is 19.2 Å². The summed E-state index contributed by atoms with van der Waals surface area (Å²) in [6.45, 7) is 10.5. The summed E-state index contributed by atoms with van der Waals surface area (Å²) in [5.41, 5.74) is 1.09. The molecular formula is C14H22O2Si. The Labute approximate surface area is 105 Å². The van der Waals surface area contributed by atoms with E-state index in [1.165, 1.54) is 12.1 Å². The Morgan fingerprint density at radius 2 is 1.76 bits per heavy atom. The number of rotatable bonds is 4. The minimum atomic E-state index is -1.24. The Bertz CT molecular complexity index is 376. The minimum absolute atomic E-state index is 0.108. The van der Waals surface area contributed by atoms with Crippen LogP contribution in [0.3, 0.4) is 0 Å². The molecule has 94 valence electrons. The van der Waals surface area contributed by atoms with E-state index in [1.807, 2.05) is 6.92 Å². The van der Waals surface area contributed by atoms with E-state index in [1.54, 1.807) is 0 Å². The van der Waals surface area contributed by atoms with Crippen LogP contribution in [0, 0.1) is 0 Å². The van der Waals surface area contributed by atoms with Crippen LogP contribution in [-0.4, -0.2) is 14.0 Å². The highest BCUT2D eigenvalue weighted by Crippen LogP contribution is 2.20. The number of benzene rings is 1. The Morgan fingerprint density at radius 1 is 1.24 bits per heavy atom. The van der Waals surface area contributed by atoms with Crippen molar-refractivity contribution in [2.24, 2.45) is 0 Å². The quantitative estimate of drug-likeness (QED) is 0.606. The van der Waals surface area contributed by atoms with Crippen LogP contribution in [0.5, 0.6) is 0 Å². The van der Waals surface area contributed by atoms with Gasteiger partial charge in [-0.25, -0.2) is 0 Å². The van der Waals surface area contributed by atoms with Gasteiger partial charge in [0.2, 0.25) is 0 Å². The summed E-state index contributed by atoms with van der Waals surface area (Å²) in [6.07, 6.45) is 0.703. The Kier molecular flexibility index (Phi) is 4.51. The summed E-state index contributed by atoms with van der Waals surface area (Å²) < 4.78 is 5.28. The molecule has 0 spiro atoms. The van der Waals surface area contributed by atoms with E-state index in [0.717, 1.165) is 12.0 Å². The topological polar surface area (TPSA) is 26.3 Å². The Balaban J connectivity index is 2.89. The van der Waals surface area contributed by atoms with Crippen LogP contribution in [-0.2, 0) is 9.53 Å². The molecule has 2 nitrogen and oxygen atoms in total. The molecule has 0 aliphatic heterocycles. The van der Waals surface area contributed by atoms with Crippen molar-refractivity contribution in [1.29, 1.82) is 0 Å². The predicted molar refractivity (Wildman–Crippen MR) is 74.2 cm³/mol. The Morgan fingerprint density at radius 3 is 2.12 bits per heavy atom. The number of hydrogen-bond donors (Lipinski definition) is 0. The predicted octanol–water partition coefficient (Wildman–Crippen LogP) is 3.25. The van der Waals surface area contributed by atoms with Crippen molar-refractivity contribution in [2.45, 2.75) is 46.0 Å². The monoisotopic (exact) mass is 250 g/mol. The van der Waals surface area contributed by atoms with Crippen LogP contribution in [0.1, 0.15) is 31.9 Å². The van der Waals surface area contributed by atoms with E-state index in [9.17, 15) is 4.79 Å². The van der Waals surface area contributed by atoms with Crippen LogP contribution in [0.25, 0.3) is 0 Å². The van der Waals surface area contributed by atoms with Crippen molar-refractivity contribution in [3.63, 3.8) is 0 Å². The van der Waals surface area contributed by atoms with Gasteiger partial charge >= 0.3 is 5.97 Å². The number of hydrogen-bond acceptors (Lipinski definition) is 2. The van der Waals surface area contributed by atoms with Crippen molar-refractivity contribution < 1.29 is 9.53 Å². The molecule has 1 aromatic carbocycles. The van der Waals surface area contributed by atoms with Gasteiger partial charge in [-0.3, -0.25) is 4.79 Å². The van der Waals surface area contributed by atoms with Gasteiger partial charge in [-0.15, -0.1) is 0 Å². The molecule has 3 heteroatoms. The summed E-state index contributed by atoms with van der Waals surface area (Å²) in [5.74, 6) is -0.217. The van der Waals surface area contributed by atoms with Gasteiger partial charge in [-0.2, -0.15) is 0 Å². The third-order valence-corrected chi connectivity index (χ3v) is 4.89. The van der Waals surface area contributed by atoms with Crippen LogP contribution >= 0.6 is 0 Å². The number of carbonyl (C=O) groups is 1. The van der Waals surface area contributed by atoms with Crippen molar-refractivity contribution in [1.82, 2.24) is 0 Å². The third-order valence-electron chi connectivity index (χ3n) is 2.83. The number of ether oxygens (including phenoxy) is 1. The van der Waals surface area contributed by atoms with Crippen LogP contribution in [0.15, 0.2) is 24.3 Å². The van der Waals surface area contributed by atoms with Crippen molar-refractivity contribution in [3.05, 3.63) is 29.8 Å². The highest BCUT2D eigenvalue weighted by atomic mass is 28.3. The van der Waals surface area contributed by atoms with Gasteiger partial charge in [-0.1, -0.05) is 56.0 Å². The highest BCUT2D eigenvalue weighted by molar-refractivity contribution is 6.88. The smallest absolute Gasteiger partial charge is 0.303 e. The molecule has 1 atom stereocenters.